The third-order valence-corrected chi connectivity index (χ3v) is 5.32. The Hall–Kier alpha value is -2.98. The highest BCUT2D eigenvalue weighted by Gasteiger charge is 2.20. The quantitative estimate of drug-likeness (QED) is 0.609. The maximum atomic E-state index is 12.1. The lowest BCUT2D eigenvalue weighted by Gasteiger charge is -2.19. The highest BCUT2D eigenvalue weighted by molar-refractivity contribution is 6.30. The molecular weight excluding hydrogens is 384 g/mol. The van der Waals surface area contributed by atoms with Crippen LogP contribution in [0.4, 0.5) is 10.5 Å². The zero-order valence-corrected chi connectivity index (χ0v) is 16.9. The molecule has 29 heavy (non-hydrogen) atoms. The molecule has 0 atom stereocenters. The van der Waals surface area contributed by atoms with Gasteiger partial charge in [-0.1, -0.05) is 54.1 Å². The van der Waals surface area contributed by atoms with Gasteiger partial charge in [0.1, 0.15) is 5.75 Å². The Bertz CT molecular complexity index is 974. The molecule has 1 heterocycles. The molecule has 3 aromatic rings. The normalized spacial score (nSPS) is 12.5. The predicted octanol–water partition coefficient (Wildman–Crippen LogP) is 5.23. The molecule has 1 aliphatic rings. The summed E-state index contributed by atoms with van der Waals surface area (Å²) in [5.41, 5.74) is 4.84. The predicted molar refractivity (Wildman–Crippen MR) is 117 cm³/mol. The number of anilines is 1. The molecule has 0 spiro atoms. The molecule has 0 radical (unpaired) electrons. The minimum atomic E-state index is -0.432. The van der Waals surface area contributed by atoms with Gasteiger partial charge in [-0.15, -0.1) is 0 Å². The number of benzene rings is 3. The van der Waals surface area contributed by atoms with E-state index in [9.17, 15) is 4.79 Å². The Balaban J connectivity index is 1.30. The molecule has 0 saturated heterocycles. The fourth-order valence-corrected chi connectivity index (χ4v) is 3.71. The Morgan fingerprint density at radius 1 is 1.00 bits per heavy atom. The molecule has 4 rings (SSSR count). The van der Waals surface area contributed by atoms with Crippen LogP contribution in [0.3, 0.4) is 0 Å². The number of carbonyl (C=O) groups excluding carboxylic acids is 1. The van der Waals surface area contributed by atoms with E-state index < -0.39 is 6.09 Å². The second-order valence-corrected chi connectivity index (χ2v) is 7.58. The number of rotatable bonds is 6. The molecule has 4 nitrogen and oxygen atoms in total. The number of ether oxygens (including phenoxy) is 1. The summed E-state index contributed by atoms with van der Waals surface area (Å²) < 4.78 is 5.46. The van der Waals surface area contributed by atoms with Crippen LogP contribution >= 0.6 is 11.6 Å². The maximum Gasteiger partial charge on any atom is 0.412 e. The number of nitrogens with one attached hydrogen (secondary N) is 1. The Labute approximate surface area is 176 Å². The van der Waals surface area contributed by atoms with Gasteiger partial charge in [-0.2, -0.15) is 0 Å². The van der Waals surface area contributed by atoms with E-state index in [1.807, 2.05) is 48.5 Å². The van der Waals surface area contributed by atoms with Crippen molar-refractivity contribution in [3.63, 3.8) is 0 Å². The average molecular weight is 407 g/mol. The molecule has 0 unspecified atom stereocenters. The molecular formula is C24H23ClN2O2. The number of fused-ring (bicyclic) bond motifs is 1. The first kappa shape index (κ1) is 19.3. The van der Waals surface area contributed by atoms with Crippen molar-refractivity contribution in [2.45, 2.75) is 19.4 Å². The van der Waals surface area contributed by atoms with E-state index >= 15 is 0 Å². The summed E-state index contributed by atoms with van der Waals surface area (Å²) in [6.07, 6.45) is 1.25. The minimum absolute atomic E-state index is 0.432. The lowest BCUT2D eigenvalue weighted by molar-refractivity contribution is 0.200. The summed E-state index contributed by atoms with van der Waals surface area (Å²) >= 11 is 5.88. The second-order valence-electron chi connectivity index (χ2n) is 7.14. The van der Waals surface area contributed by atoms with Crippen molar-refractivity contribution < 1.29 is 9.53 Å². The average Bonchev–Trinajstić information content (AvgIpc) is 3.12. The van der Waals surface area contributed by atoms with Crippen LogP contribution in [-0.4, -0.2) is 19.2 Å². The second kappa shape index (κ2) is 9.01. The molecule has 1 N–H and O–H groups in total. The van der Waals surface area contributed by atoms with Crippen molar-refractivity contribution in [3.8, 4) is 5.75 Å². The topological polar surface area (TPSA) is 41.6 Å². The van der Waals surface area contributed by atoms with Gasteiger partial charge in [-0.3, -0.25) is 0 Å². The number of hydrogen-bond donors (Lipinski definition) is 1. The van der Waals surface area contributed by atoms with Crippen LogP contribution in [0.15, 0.2) is 72.8 Å². The molecule has 0 saturated carbocycles. The molecule has 0 bridgehead atoms. The van der Waals surface area contributed by atoms with Crippen molar-refractivity contribution in [2.75, 3.05) is 18.0 Å². The van der Waals surface area contributed by atoms with E-state index in [0.29, 0.717) is 17.3 Å². The van der Waals surface area contributed by atoms with E-state index in [0.717, 1.165) is 31.5 Å². The van der Waals surface area contributed by atoms with E-state index in [-0.39, 0.29) is 0 Å². The third-order valence-electron chi connectivity index (χ3n) is 5.07. The summed E-state index contributed by atoms with van der Waals surface area (Å²) in [7, 11) is 0. The van der Waals surface area contributed by atoms with Crippen LogP contribution in [0.25, 0.3) is 0 Å². The van der Waals surface area contributed by atoms with Gasteiger partial charge in [-0.25, -0.2) is 4.79 Å². The number of nitrogens with zero attached hydrogens (tertiary/aromatic N) is 1. The molecule has 0 fully saturated rings. The first-order valence-corrected chi connectivity index (χ1v) is 10.2. The molecule has 0 aliphatic carbocycles. The van der Waals surface area contributed by atoms with Gasteiger partial charge in [0.05, 0.1) is 0 Å². The molecule has 5 heteroatoms. The monoisotopic (exact) mass is 406 g/mol. The maximum absolute atomic E-state index is 12.1. The number of amides is 1. The van der Waals surface area contributed by atoms with E-state index in [1.54, 1.807) is 0 Å². The van der Waals surface area contributed by atoms with Crippen LogP contribution in [-0.2, 0) is 19.4 Å². The van der Waals surface area contributed by atoms with Gasteiger partial charge in [0.15, 0.2) is 0 Å². The van der Waals surface area contributed by atoms with Gasteiger partial charge in [0.25, 0.3) is 0 Å². The molecule has 0 aromatic heterocycles. The SMILES string of the molecule is O=C(NCCc1ccc(Cl)cc1)Oc1ccc2c(c1)CCN2Cc1ccccc1. The van der Waals surface area contributed by atoms with Crippen LogP contribution in [0.1, 0.15) is 16.7 Å². The number of hydrogen-bond acceptors (Lipinski definition) is 3. The van der Waals surface area contributed by atoms with Gasteiger partial charge in [0, 0.05) is 30.3 Å². The lowest BCUT2D eigenvalue weighted by Crippen LogP contribution is -2.28. The molecule has 1 amide bonds. The van der Waals surface area contributed by atoms with Gasteiger partial charge < -0.3 is 15.0 Å². The van der Waals surface area contributed by atoms with Crippen molar-refractivity contribution in [2.24, 2.45) is 0 Å². The van der Waals surface area contributed by atoms with E-state index in [2.05, 4.69) is 34.5 Å². The van der Waals surface area contributed by atoms with Crippen LogP contribution in [0.5, 0.6) is 5.75 Å². The van der Waals surface area contributed by atoms with Crippen LogP contribution < -0.4 is 15.0 Å². The van der Waals surface area contributed by atoms with Crippen molar-refractivity contribution in [3.05, 3.63) is 94.5 Å². The lowest BCUT2D eigenvalue weighted by atomic mass is 10.1. The van der Waals surface area contributed by atoms with Gasteiger partial charge in [0.2, 0.25) is 0 Å². The van der Waals surface area contributed by atoms with Crippen LogP contribution in [0, 0.1) is 0 Å². The summed E-state index contributed by atoms with van der Waals surface area (Å²) in [6.45, 7) is 2.37. The zero-order chi connectivity index (χ0) is 20.1. The largest absolute Gasteiger partial charge is 0.412 e. The minimum Gasteiger partial charge on any atom is -0.410 e. The Morgan fingerprint density at radius 3 is 2.59 bits per heavy atom. The van der Waals surface area contributed by atoms with Crippen molar-refractivity contribution in [1.29, 1.82) is 0 Å². The Morgan fingerprint density at radius 2 is 1.79 bits per heavy atom. The highest BCUT2D eigenvalue weighted by atomic mass is 35.5. The summed E-state index contributed by atoms with van der Waals surface area (Å²) in [6, 6.07) is 23.9. The number of halogens is 1. The molecule has 1 aliphatic heterocycles. The first-order chi connectivity index (χ1) is 14.2. The van der Waals surface area contributed by atoms with E-state index in [1.165, 1.54) is 16.8 Å². The molecule has 3 aromatic carbocycles. The first-order valence-electron chi connectivity index (χ1n) is 9.79. The zero-order valence-electron chi connectivity index (χ0n) is 16.1. The summed E-state index contributed by atoms with van der Waals surface area (Å²) in [5, 5.41) is 3.51. The summed E-state index contributed by atoms with van der Waals surface area (Å²) in [4.78, 5) is 14.5. The Kier molecular flexibility index (Phi) is 6.01. The highest BCUT2D eigenvalue weighted by Crippen LogP contribution is 2.32. The van der Waals surface area contributed by atoms with Crippen molar-refractivity contribution in [1.82, 2.24) is 5.32 Å². The fraction of sp³-hybridized carbons (Fsp3) is 0.208. The third kappa shape index (κ3) is 5.09. The van der Waals surface area contributed by atoms with Gasteiger partial charge in [-0.05, 0) is 59.9 Å². The van der Waals surface area contributed by atoms with Crippen molar-refractivity contribution >= 4 is 23.4 Å². The van der Waals surface area contributed by atoms with E-state index in [4.69, 9.17) is 16.3 Å². The summed E-state index contributed by atoms with van der Waals surface area (Å²) in [5.74, 6) is 0.578. The molecule has 148 valence electrons. The fourth-order valence-electron chi connectivity index (χ4n) is 3.58. The number of carbonyl (C=O) groups is 1. The standard InChI is InChI=1S/C24H23ClN2O2/c25-21-8-6-18(7-9-21)12-14-26-24(28)29-22-10-11-23-20(16-22)13-15-27(23)17-19-4-2-1-3-5-19/h1-11,16H,12-15,17H2,(H,26,28). The smallest absolute Gasteiger partial charge is 0.410 e. The van der Waals surface area contributed by atoms with Gasteiger partial charge >= 0.3 is 6.09 Å². The van der Waals surface area contributed by atoms with Crippen LogP contribution in [0.2, 0.25) is 5.02 Å².